The maximum Gasteiger partial charge on any atom is 0.280 e. The fourth-order valence-corrected chi connectivity index (χ4v) is 4.44. The molecule has 1 fully saturated rings. The molecule has 1 aliphatic heterocycles. The first-order valence-corrected chi connectivity index (χ1v) is 9.85. The van der Waals surface area contributed by atoms with Crippen LogP contribution in [-0.2, 0) is 22.1 Å². The van der Waals surface area contributed by atoms with Crippen LogP contribution in [0.2, 0.25) is 0 Å². The van der Waals surface area contributed by atoms with Gasteiger partial charge in [-0.15, -0.1) is 0 Å². The Balaban J connectivity index is 1.83. The summed E-state index contributed by atoms with van der Waals surface area (Å²) in [5.74, 6) is 0.279. The van der Waals surface area contributed by atoms with Crippen LogP contribution in [0.1, 0.15) is 23.7 Å². The Hall–Kier alpha value is -2.43. The summed E-state index contributed by atoms with van der Waals surface area (Å²) in [4.78, 5) is 12.8. The Kier molecular flexibility index (Phi) is 5.22. The first-order valence-electron chi connectivity index (χ1n) is 8.41. The Morgan fingerprint density at radius 1 is 1.30 bits per heavy atom. The molecule has 0 radical (unpaired) electrons. The highest BCUT2D eigenvalue weighted by Gasteiger charge is 2.41. The first kappa shape index (κ1) is 19.3. The van der Waals surface area contributed by atoms with E-state index >= 15 is 0 Å². The summed E-state index contributed by atoms with van der Waals surface area (Å²) in [5.41, 5.74) is 2.06. The molecule has 27 heavy (non-hydrogen) atoms. The average Bonchev–Trinajstić information content (AvgIpc) is 2.96. The lowest BCUT2D eigenvalue weighted by Gasteiger charge is -2.36. The number of benzene rings is 1. The molecule has 2 N–H and O–H groups in total. The van der Waals surface area contributed by atoms with Gasteiger partial charge in [-0.3, -0.25) is 9.48 Å². The van der Waals surface area contributed by atoms with Crippen molar-refractivity contribution in [3.63, 3.8) is 0 Å². The van der Waals surface area contributed by atoms with E-state index in [1.807, 2.05) is 6.92 Å². The number of anilines is 1. The van der Waals surface area contributed by atoms with Crippen LogP contribution in [0.25, 0.3) is 0 Å². The lowest BCUT2D eigenvalue weighted by Crippen LogP contribution is -2.56. The highest BCUT2D eigenvalue weighted by atomic mass is 32.2. The van der Waals surface area contributed by atoms with Gasteiger partial charge in [-0.2, -0.15) is 22.5 Å². The van der Waals surface area contributed by atoms with Crippen molar-refractivity contribution in [2.75, 3.05) is 19.5 Å². The van der Waals surface area contributed by atoms with Gasteiger partial charge in [0.1, 0.15) is 11.8 Å². The van der Waals surface area contributed by atoms with E-state index in [9.17, 15) is 13.2 Å². The third-order valence-corrected chi connectivity index (χ3v) is 6.25. The van der Waals surface area contributed by atoms with Crippen LogP contribution in [0.15, 0.2) is 30.5 Å². The molecule has 1 saturated heterocycles. The molecule has 0 spiro atoms. The first-order chi connectivity index (χ1) is 12.7. The number of nitrogens with one attached hydrogen (secondary N) is 2. The Bertz CT molecular complexity index is 939. The van der Waals surface area contributed by atoms with Crippen molar-refractivity contribution in [2.45, 2.75) is 25.4 Å². The third-order valence-electron chi connectivity index (χ3n) is 4.66. The van der Waals surface area contributed by atoms with E-state index in [1.165, 1.54) is 7.05 Å². The van der Waals surface area contributed by atoms with Crippen LogP contribution in [-0.4, -0.2) is 48.6 Å². The molecule has 146 valence electrons. The molecule has 1 aromatic carbocycles. The van der Waals surface area contributed by atoms with Crippen molar-refractivity contribution in [3.05, 3.63) is 41.7 Å². The smallest absolute Gasteiger partial charge is 0.280 e. The molecule has 9 nitrogen and oxygen atoms in total. The number of hydrogen-bond donors (Lipinski definition) is 2. The van der Waals surface area contributed by atoms with E-state index in [0.29, 0.717) is 17.9 Å². The summed E-state index contributed by atoms with van der Waals surface area (Å²) in [6.45, 7) is 1.81. The molecule has 1 amide bonds. The number of amides is 1. The predicted octanol–water partition coefficient (Wildman–Crippen LogP) is 0.955. The number of aryl methyl sites for hydroxylation is 2. The molecule has 0 aliphatic carbocycles. The maximum absolute atomic E-state index is 12.8. The number of carbonyl (C=O) groups is 1. The van der Waals surface area contributed by atoms with Gasteiger partial charge in [0.15, 0.2) is 0 Å². The van der Waals surface area contributed by atoms with Crippen molar-refractivity contribution >= 4 is 21.8 Å². The summed E-state index contributed by atoms with van der Waals surface area (Å²) >= 11 is 0. The second kappa shape index (κ2) is 7.29. The minimum Gasteiger partial charge on any atom is -0.497 e. The van der Waals surface area contributed by atoms with Crippen molar-refractivity contribution in [2.24, 2.45) is 7.05 Å². The minimum absolute atomic E-state index is 0.296. The molecule has 3 rings (SSSR count). The molecule has 0 unspecified atom stereocenters. The summed E-state index contributed by atoms with van der Waals surface area (Å²) in [5, 5.41) is 7.04. The second-order valence-corrected chi connectivity index (χ2v) is 8.27. The standard InChI is InChI=1S/C17H23N5O4S/c1-11-14(10-21(2)19-11)15-9-16(22(3)27(24,25)20-15)17(23)18-12-5-7-13(26-4)8-6-12/h5-8,10,15-16,20H,9H2,1-4H3,(H,18,23)/t15-,16-/m0/s1. The predicted molar refractivity (Wildman–Crippen MR) is 101 cm³/mol. The number of ether oxygens (including phenoxy) is 1. The largest absolute Gasteiger partial charge is 0.497 e. The van der Waals surface area contributed by atoms with E-state index in [4.69, 9.17) is 4.74 Å². The number of likely N-dealkylation sites (N-methyl/N-ethyl adjacent to an activating group) is 1. The fraction of sp³-hybridized carbons (Fsp3) is 0.412. The number of carbonyl (C=O) groups excluding carboxylic acids is 1. The van der Waals surface area contributed by atoms with Crippen LogP contribution >= 0.6 is 0 Å². The van der Waals surface area contributed by atoms with Gasteiger partial charge in [0.05, 0.1) is 18.8 Å². The van der Waals surface area contributed by atoms with Gasteiger partial charge in [-0.1, -0.05) is 0 Å². The lowest BCUT2D eigenvalue weighted by atomic mass is 10.00. The maximum atomic E-state index is 12.8. The van der Waals surface area contributed by atoms with Crippen molar-refractivity contribution in [3.8, 4) is 5.75 Å². The van der Waals surface area contributed by atoms with Gasteiger partial charge < -0.3 is 10.1 Å². The molecule has 0 saturated carbocycles. The van der Waals surface area contributed by atoms with Crippen molar-refractivity contribution < 1.29 is 17.9 Å². The monoisotopic (exact) mass is 393 g/mol. The van der Waals surface area contributed by atoms with Gasteiger partial charge in [0.25, 0.3) is 10.2 Å². The van der Waals surface area contributed by atoms with Crippen LogP contribution in [0.3, 0.4) is 0 Å². The molecule has 2 heterocycles. The summed E-state index contributed by atoms with van der Waals surface area (Å²) in [6.07, 6.45) is 2.07. The molecule has 2 aromatic rings. The highest BCUT2D eigenvalue weighted by molar-refractivity contribution is 7.87. The normalized spacial score (nSPS) is 22.4. The second-order valence-electron chi connectivity index (χ2n) is 6.50. The number of aromatic nitrogens is 2. The topological polar surface area (TPSA) is 106 Å². The SMILES string of the molecule is COc1ccc(NC(=O)[C@@H]2C[C@@H](c3cn(C)nc3C)NS(=O)(=O)N2C)cc1. The zero-order chi connectivity index (χ0) is 19.8. The Labute approximate surface area is 158 Å². The van der Waals surface area contributed by atoms with E-state index < -0.39 is 22.3 Å². The Morgan fingerprint density at radius 3 is 2.52 bits per heavy atom. The number of nitrogens with zero attached hydrogens (tertiary/aromatic N) is 3. The Morgan fingerprint density at radius 2 is 1.96 bits per heavy atom. The molecule has 2 atom stereocenters. The van der Waals surface area contributed by atoms with E-state index in [-0.39, 0.29) is 5.91 Å². The molecule has 1 aromatic heterocycles. The number of hydrogen-bond acceptors (Lipinski definition) is 5. The fourth-order valence-electron chi connectivity index (χ4n) is 3.17. The van der Waals surface area contributed by atoms with Gasteiger partial charge in [-0.25, -0.2) is 0 Å². The van der Waals surface area contributed by atoms with Crippen LogP contribution in [0.4, 0.5) is 5.69 Å². The molecular formula is C17H23N5O4S. The number of rotatable bonds is 4. The zero-order valence-corrected chi connectivity index (χ0v) is 16.4. The average molecular weight is 393 g/mol. The van der Waals surface area contributed by atoms with Crippen LogP contribution < -0.4 is 14.8 Å². The van der Waals surface area contributed by atoms with E-state index in [0.717, 1.165) is 15.6 Å². The summed E-state index contributed by atoms with van der Waals surface area (Å²) < 4.78 is 35.5. The van der Waals surface area contributed by atoms with Crippen LogP contribution in [0.5, 0.6) is 5.75 Å². The number of methoxy groups -OCH3 is 1. The quantitative estimate of drug-likeness (QED) is 0.805. The summed E-state index contributed by atoms with van der Waals surface area (Å²) in [7, 11) is 0.928. The van der Waals surface area contributed by atoms with Gasteiger partial charge >= 0.3 is 0 Å². The molecule has 0 bridgehead atoms. The molecule has 1 aliphatic rings. The summed E-state index contributed by atoms with van der Waals surface area (Å²) in [6, 6.07) is 5.49. The zero-order valence-electron chi connectivity index (χ0n) is 15.6. The lowest BCUT2D eigenvalue weighted by molar-refractivity contribution is -0.120. The van der Waals surface area contributed by atoms with Crippen molar-refractivity contribution in [1.82, 2.24) is 18.8 Å². The van der Waals surface area contributed by atoms with Gasteiger partial charge in [-0.05, 0) is 37.6 Å². The van der Waals surface area contributed by atoms with E-state index in [2.05, 4.69) is 15.1 Å². The highest BCUT2D eigenvalue weighted by Crippen LogP contribution is 2.30. The molecule has 10 heteroatoms. The third kappa shape index (κ3) is 3.97. The van der Waals surface area contributed by atoms with Crippen LogP contribution in [0, 0.1) is 6.92 Å². The van der Waals surface area contributed by atoms with E-state index in [1.54, 1.807) is 49.3 Å². The van der Waals surface area contributed by atoms with Gasteiger partial charge in [0.2, 0.25) is 5.91 Å². The van der Waals surface area contributed by atoms with Crippen molar-refractivity contribution in [1.29, 1.82) is 0 Å². The van der Waals surface area contributed by atoms with Gasteiger partial charge in [0, 0.05) is 31.5 Å². The molecular weight excluding hydrogens is 370 g/mol. The minimum atomic E-state index is -3.80.